The number of rotatable bonds is 6. The Morgan fingerprint density at radius 1 is 1.17 bits per heavy atom. The molecule has 0 aliphatic heterocycles. The van der Waals surface area contributed by atoms with Crippen LogP contribution in [0.5, 0.6) is 0 Å². The van der Waals surface area contributed by atoms with Crippen molar-refractivity contribution in [3.8, 4) is 11.4 Å². The highest BCUT2D eigenvalue weighted by molar-refractivity contribution is 5.60. The third-order valence-electron chi connectivity index (χ3n) is 2.75. The molecule has 0 unspecified atom stereocenters. The van der Waals surface area contributed by atoms with E-state index in [1.165, 1.54) is 0 Å². The number of pyridine rings is 1. The first-order chi connectivity index (χ1) is 8.85. The lowest BCUT2D eigenvalue weighted by Gasteiger charge is -2.08. The first kappa shape index (κ1) is 12.6. The number of aromatic nitrogens is 3. The summed E-state index contributed by atoms with van der Waals surface area (Å²) in [7, 11) is 0. The number of hydrogen-bond acceptors (Lipinski definition) is 3. The van der Waals surface area contributed by atoms with E-state index >= 15 is 0 Å². The van der Waals surface area contributed by atoms with E-state index in [1.54, 1.807) is 0 Å². The molecule has 4 nitrogen and oxygen atoms in total. The minimum atomic E-state index is 0.927. The number of nitrogens with zero attached hydrogens (tertiary/aromatic N) is 3. The van der Waals surface area contributed by atoms with Crippen molar-refractivity contribution in [2.75, 3.05) is 11.9 Å². The zero-order valence-electron chi connectivity index (χ0n) is 11.1. The van der Waals surface area contributed by atoms with Gasteiger partial charge >= 0.3 is 0 Å². The van der Waals surface area contributed by atoms with Crippen LogP contribution in [-0.2, 0) is 6.54 Å². The van der Waals surface area contributed by atoms with Crippen molar-refractivity contribution in [1.82, 2.24) is 14.8 Å². The molecule has 0 fully saturated rings. The van der Waals surface area contributed by atoms with Gasteiger partial charge in [0.25, 0.3) is 0 Å². The molecule has 2 heterocycles. The van der Waals surface area contributed by atoms with Gasteiger partial charge in [-0.15, -0.1) is 0 Å². The van der Waals surface area contributed by atoms with E-state index in [4.69, 9.17) is 0 Å². The maximum atomic E-state index is 4.43. The summed E-state index contributed by atoms with van der Waals surface area (Å²) >= 11 is 0. The number of aryl methyl sites for hydroxylation is 1. The van der Waals surface area contributed by atoms with E-state index in [1.807, 2.05) is 29.2 Å². The molecule has 0 radical (unpaired) electrons. The van der Waals surface area contributed by atoms with Crippen LogP contribution in [0.1, 0.15) is 26.7 Å². The summed E-state index contributed by atoms with van der Waals surface area (Å²) in [5.41, 5.74) is 3.17. The Balaban J connectivity index is 2.24. The number of nitrogens with one attached hydrogen (secondary N) is 1. The molecule has 18 heavy (non-hydrogen) atoms. The molecule has 0 bridgehead atoms. The molecule has 0 atom stereocenters. The van der Waals surface area contributed by atoms with Gasteiger partial charge in [-0.3, -0.25) is 9.67 Å². The van der Waals surface area contributed by atoms with Gasteiger partial charge in [-0.2, -0.15) is 5.10 Å². The summed E-state index contributed by atoms with van der Waals surface area (Å²) in [4.78, 5) is 4.43. The molecule has 2 aromatic heterocycles. The van der Waals surface area contributed by atoms with E-state index in [9.17, 15) is 0 Å². The van der Waals surface area contributed by atoms with E-state index in [0.29, 0.717) is 0 Å². The summed E-state index contributed by atoms with van der Waals surface area (Å²) in [6.45, 7) is 6.22. The molecular formula is C14H20N4. The lowest BCUT2D eigenvalue weighted by Crippen LogP contribution is -2.03. The molecule has 0 aromatic carbocycles. The largest absolute Gasteiger partial charge is 0.385 e. The Morgan fingerprint density at radius 2 is 2.06 bits per heavy atom. The van der Waals surface area contributed by atoms with Gasteiger partial charge in [0.05, 0.1) is 11.4 Å². The normalized spacial score (nSPS) is 10.6. The average Bonchev–Trinajstić information content (AvgIpc) is 2.85. The molecule has 0 aliphatic carbocycles. The van der Waals surface area contributed by atoms with Crippen LogP contribution in [0.3, 0.4) is 0 Å². The van der Waals surface area contributed by atoms with E-state index < -0.39 is 0 Å². The molecule has 0 saturated carbocycles. The van der Waals surface area contributed by atoms with Crippen molar-refractivity contribution in [2.24, 2.45) is 0 Å². The smallest absolute Gasteiger partial charge is 0.0903 e. The second-order valence-corrected chi connectivity index (χ2v) is 4.30. The van der Waals surface area contributed by atoms with Gasteiger partial charge in [0.15, 0.2) is 0 Å². The fraction of sp³-hybridized carbons (Fsp3) is 0.429. The summed E-state index contributed by atoms with van der Waals surface area (Å²) in [5, 5.41) is 7.71. The average molecular weight is 244 g/mol. The molecule has 0 aliphatic rings. The van der Waals surface area contributed by atoms with Gasteiger partial charge in [-0.05, 0) is 31.0 Å². The van der Waals surface area contributed by atoms with Crippen LogP contribution in [0.15, 0.2) is 30.6 Å². The molecular weight excluding hydrogens is 224 g/mol. The highest BCUT2D eigenvalue weighted by Crippen LogP contribution is 2.20. The van der Waals surface area contributed by atoms with E-state index in [-0.39, 0.29) is 0 Å². The van der Waals surface area contributed by atoms with Crippen molar-refractivity contribution in [2.45, 2.75) is 33.2 Å². The van der Waals surface area contributed by atoms with Gasteiger partial charge in [0, 0.05) is 31.2 Å². The second-order valence-electron chi connectivity index (χ2n) is 4.30. The van der Waals surface area contributed by atoms with Gasteiger partial charge in [0.1, 0.15) is 0 Å². The van der Waals surface area contributed by atoms with Gasteiger partial charge < -0.3 is 5.32 Å². The van der Waals surface area contributed by atoms with Crippen molar-refractivity contribution >= 4 is 5.69 Å². The second kappa shape index (κ2) is 6.19. The maximum Gasteiger partial charge on any atom is 0.0903 e. The SMILES string of the molecule is CCCNc1ccnc(-c2ccnn2CCC)c1. The van der Waals surface area contributed by atoms with Crippen LogP contribution in [0.4, 0.5) is 5.69 Å². The van der Waals surface area contributed by atoms with Crippen molar-refractivity contribution in [1.29, 1.82) is 0 Å². The lowest BCUT2D eigenvalue weighted by molar-refractivity contribution is 0.608. The standard InChI is InChI=1S/C14H20N4/c1-3-7-15-12-5-8-16-13(11-12)14-6-9-17-18(14)10-4-2/h5-6,8-9,11H,3-4,7,10H2,1-2H3,(H,15,16). The molecule has 96 valence electrons. The molecule has 2 aromatic rings. The van der Waals surface area contributed by atoms with Crippen LogP contribution < -0.4 is 5.32 Å². The highest BCUT2D eigenvalue weighted by Gasteiger charge is 2.06. The third kappa shape index (κ3) is 2.88. The van der Waals surface area contributed by atoms with Gasteiger partial charge in [0.2, 0.25) is 0 Å². The van der Waals surface area contributed by atoms with Crippen LogP contribution in [-0.4, -0.2) is 21.3 Å². The van der Waals surface area contributed by atoms with E-state index in [2.05, 4.69) is 35.3 Å². The highest BCUT2D eigenvalue weighted by atomic mass is 15.3. The van der Waals surface area contributed by atoms with Gasteiger partial charge in [-0.25, -0.2) is 0 Å². The van der Waals surface area contributed by atoms with Crippen molar-refractivity contribution in [3.63, 3.8) is 0 Å². The zero-order valence-corrected chi connectivity index (χ0v) is 11.1. The topological polar surface area (TPSA) is 42.7 Å². The number of anilines is 1. The third-order valence-corrected chi connectivity index (χ3v) is 2.75. The molecule has 4 heteroatoms. The van der Waals surface area contributed by atoms with Crippen molar-refractivity contribution in [3.05, 3.63) is 30.6 Å². The Kier molecular flexibility index (Phi) is 4.34. The minimum absolute atomic E-state index is 0.927. The fourth-order valence-corrected chi connectivity index (χ4v) is 1.89. The quantitative estimate of drug-likeness (QED) is 0.848. The molecule has 0 amide bonds. The minimum Gasteiger partial charge on any atom is -0.385 e. The Morgan fingerprint density at radius 3 is 2.83 bits per heavy atom. The zero-order chi connectivity index (χ0) is 12.8. The van der Waals surface area contributed by atoms with Crippen molar-refractivity contribution < 1.29 is 0 Å². The Bertz CT molecular complexity index is 490. The fourth-order valence-electron chi connectivity index (χ4n) is 1.89. The van der Waals surface area contributed by atoms with Gasteiger partial charge in [-0.1, -0.05) is 13.8 Å². The summed E-state index contributed by atoms with van der Waals surface area (Å²) in [6, 6.07) is 6.10. The lowest BCUT2D eigenvalue weighted by atomic mass is 10.2. The molecule has 1 N–H and O–H groups in total. The Hall–Kier alpha value is -1.84. The predicted octanol–water partition coefficient (Wildman–Crippen LogP) is 3.18. The maximum absolute atomic E-state index is 4.43. The monoisotopic (exact) mass is 244 g/mol. The number of hydrogen-bond donors (Lipinski definition) is 1. The van der Waals surface area contributed by atoms with Crippen LogP contribution >= 0.6 is 0 Å². The predicted molar refractivity (Wildman–Crippen MR) is 74.5 cm³/mol. The first-order valence-electron chi connectivity index (χ1n) is 6.57. The Labute approximate surface area is 108 Å². The van der Waals surface area contributed by atoms with Crippen LogP contribution in [0.2, 0.25) is 0 Å². The van der Waals surface area contributed by atoms with Crippen LogP contribution in [0.25, 0.3) is 11.4 Å². The summed E-state index contributed by atoms with van der Waals surface area (Å²) in [6.07, 6.45) is 5.86. The summed E-state index contributed by atoms with van der Waals surface area (Å²) in [5.74, 6) is 0. The molecule has 0 saturated heterocycles. The first-order valence-corrected chi connectivity index (χ1v) is 6.57. The van der Waals surface area contributed by atoms with Crippen LogP contribution in [0, 0.1) is 0 Å². The summed E-state index contributed by atoms with van der Waals surface area (Å²) < 4.78 is 2.01. The molecule has 0 spiro atoms. The van der Waals surface area contributed by atoms with E-state index in [0.717, 1.165) is 43.0 Å². The molecule has 2 rings (SSSR count).